The predicted octanol–water partition coefficient (Wildman–Crippen LogP) is 3.34. The van der Waals surface area contributed by atoms with Gasteiger partial charge >= 0.3 is 0 Å². The van der Waals surface area contributed by atoms with Gasteiger partial charge in [-0.15, -0.1) is 0 Å². The van der Waals surface area contributed by atoms with Crippen LogP contribution in [-0.2, 0) is 0 Å². The van der Waals surface area contributed by atoms with Crippen LogP contribution in [-0.4, -0.2) is 30.4 Å². The van der Waals surface area contributed by atoms with E-state index in [1.807, 2.05) is 6.92 Å². The first-order valence-corrected chi connectivity index (χ1v) is 7.94. The Labute approximate surface area is 151 Å². The molecule has 0 saturated heterocycles. The minimum absolute atomic E-state index is 0.0974. The number of imidazole rings is 1. The summed E-state index contributed by atoms with van der Waals surface area (Å²) < 4.78 is 29.2. The van der Waals surface area contributed by atoms with Crippen molar-refractivity contribution in [1.29, 1.82) is 0 Å². The normalized spacial score (nSPS) is 11.1. The molecule has 0 unspecified atom stereocenters. The van der Waals surface area contributed by atoms with E-state index >= 15 is 0 Å². The third kappa shape index (κ3) is 2.91. The molecule has 0 aliphatic heterocycles. The zero-order chi connectivity index (χ0) is 19.1. The maximum absolute atomic E-state index is 14.0. The van der Waals surface area contributed by atoms with Crippen molar-refractivity contribution in [2.45, 2.75) is 6.92 Å². The lowest BCUT2D eigenvalue weighted by Crippen LogP contribution is -2.07. The second-order valence-electron chi connectivity index (χ2n) is 5.89. The SMILES string of the molecule is Cc1nccn1-c1cnc2ccc(C(=O)c3cc(O)cc(F)c3F)cc2n1. The number of ketones is 1. The van der Waals surface area contributed by atoms with Crippen LogP contribution < -0.4 is 0 Å². The predicted molar refractivity (Wildman–Crippen MR) is 92.9 cm³/mol. The Hall–Kier alpha value is -3.68. The summed E-state index contributed by atoms with van der Waals surface area (Å²) in [5, 5.41) is 9.46. The molecule has 2 heterocycles. The highest BCUT2D eigenvalue weighted by Gasteiger charge is 2.19. The van der Waals surface area contributed by atoms with E-state index in [2.05, 4.69) is 15.0 Å². The fraction of sp³-hybridized carbons (Fsp3) is 0.0526. The molecule has 4 aromatic rings. The van der Waals surface area contributed by atoms with Crippen molar-refractivity contribution < 1.29 is 18.7 Å². The number of hydrogen-bond acceptors (Lipinski definition) is 5. The van der Waals surface area contributed by atoms with E-state index in [0.717, 1.165) is 6.07 Å². The molecule has 0 fully saturated rings. The molecule has 134 valence electrons. The molecule has 2 aromatic heterocycles. The van der Waals surface area contributed by atoms with Gasteiger partial charge in [-0.3, -0.25) is 14.3 Å². The van der Waals surface area contributed by atoms with Gasteiger partial charge in [0.25, 0.3) is 0 Å². The summed E-state index contributed by atoms with van der Waals surface area (Å²) >= 11 is 0. The number of aromatic nitrogens is 4. The van der Waals surface area contributed by atoms with Crippen molar-refractivity contribution in [3.8, 4) is 11.6 Å². The number of halogens is 2. The molecule has 27 heavy (non-hydrogen) atoms. The second-order valence-corrected chi connectivity index (χ2v) is 5.89. The van der Waals surface area contributed by atoms with Gasteiger partial charge in [0.2, 0.25) is 0 Å². The van der Waals surface area contributed by atoms with Gasteiger partial charge in [-0.05, 0) is 31.2 Å². The van der Waals surface area contributed by atoms with Crippen molar-refractivity contribution in [3.63, 3.8) is 0 Å². The molecular weight excluding hydrogens is 354 g/mol. The van der Waals surface area contributed by atoms with Gasteiger partial charge in [-0.25, -0.2) is 18.7 Å². The molecule has 0 aliphatic rings. The molecule has 0 saturated carbocycles. The number of carbonyl (C=O) groups excluding carboxylic acids is 1. The number of aryl methyl sites for hydroxylation is 1. The highest BCUT2D eigenvalue weighted by molar-refractivity contribution is 6.10. The lowest BCUT2D eigenvalue weighted by Gasteiger charge is -2.07. The van der Waals surface area contributed by atoms with Crippen molar-refractivity contribution in [2.75, 3.05) is 0 Å². The number of hydrogen-bond donors (Lipinski definition) is 1. The average Bonchev–Trinajstić information content (AvgIpc) is 3.09. The maximum Gasteiger partial charge on any atom is 0.196 e. The molecule has 0 aliphatic carbocycles. The average molecular weight is 366 g/mol. The van der Waals surface area contributed by atoms with Gasteiger partial charge in [0.05, 0.1) is 22.8 Å². The summed E-state index contributed by atoms with van der Waals surface area (Å²) in [7, 11) is 0. The topological polar surface area (TPSA) is 80.9 Å². The molecule has 4 rings (SSSR count). The monoisotopic (exact) mass is 366 g/mol. The smallest absolute Gasteiger partial charge is 0.196 e. The summed E-state index contributed by atoms with van der Waals surface area (Å²) in [4.78, 5) is 25.5. The standard InChI is InChI=1S/C19H12F2N4O2/c1-10-22-4-5-25(10)17-9-23-15-3-2-11(6-16(15)24-17)19(27)13-7-12(26)8-14(20)18(13)21/h2-9,26H,1H3. The van der Waals surface area contributed by atoms with Gasteiger partial charge in [0, 0.05) is 24.0 Å². The van der Waals surface area contributed by atoms with E-state index in [1.165, 1.54) is 12.1 Å². The van der Waals surface area contributed by atoms with Crippen LogP contribution in [0.5, 0.6) is 5.75 Å². The van der Waals surface area contributed by atoms with Crippen molar-refractivity contribution in [2.24, 2.45) is 0 Å². The lowest BCUT2D eigenvalue weighted by molar-refractivity contribution is 0.103. The Morgan fingerprint density at radius 3 is 2.67 bits per heavy atom. The number of nitrogens with zero attached hydrogens (tertiary/aromatic N) is 4. The van der Waals surface area contributed by atoms with E-state index < -0.39 is 28.7 Å². The maximum atomic E-state index is 14.0. The zero-order valence-corrected chi connectivity index (χ0v) is 14.0. The molecule has 1 N–H and O–H groups in total. The summed E-state index contributed by atoms with van der Waals surface area (Å²) in [5.74, 6) is -2.68. The van der Waals surface area contributed by atoms with Crippen molar-refractivity contribution >= 4 is 16.8 Å². The van der Waals surface area contributed by atoms with E-state index in [4.69, 9.17) is 0 Å². The van der Waals surface area contributed by atoms with Crippen LogP contribution in [0.15, 0.2) is 48.9 Å². The Kier molecular flexibility index (Phi) is 3.88. The fourth-order valence-corrected chi connectivity index (χ4v) is 2.77. The van der Waals surface area contributed by atoms with Gasteiger partial charge in [0.15, 0.2) is 23.2 Å². The highest BCUT2D eigenvalue weighted by atomic mass is 19.2. The van der Waals surface area contributed by atoms with E-state index in [-0.39, 0.29) is 5.56 Å². The van der Waals surface area contributed by atoms with E-state index in [0.29, 0.717) is 28.7 Å². The first-order valence-electron chi connectivity index (χ1n) is 7.94. The molecule has 6 nitrogen and oxygen atoms in total. The van der Waals surface area contributed by atoms with Crippen LogP contribution >= 0.6 is 0 Å². The quantitative estimate of drug-likeness (QED) is 0.563. The summed E-state index contributed by atoms with van der Waals surface area (Å²) in [5.41, 5.74) is 0.490. The number of aromatic hydroxyl groups is 1. The van der Waals surface area contributed by atoms with Crippen LogP contribution in [0.2, 0.25) is 0 Å². The van der Waals surface area contributed by atoms with Gasteiger partial charge < -0.3 is 5.11 Å². The highest BCUT2D eigenvalue weighted by Crippen LogP contribution is 2.23. The summed E-state index contributed by atoms with van der Waals surface area (Å²) in [6.45, 7) is 1.81. The molecule has 0 amide bonds. The minimum atomic E-state index is -1.31. The molecule has 8 heteroatoms. The molecule has 0 spiro atoms. The van der Waals surface area contributed by atoms with Gasteiger partial charge in [-0.1, -0.05) is 0 Å². The number of fused-ring (bicyclic) bond motifs is 1. The van der Waals surface area contributed by atoms with Crippen molar-refractivity contribution in [3.05, 3.63) is 77.5 Å². The number of phenols is 1. The number of carbonyl (C=O) groups is 1. The fourth-order valence-electron chi connectivity index (χ4n) is 2.77. The summed E-state index contributed by atoms with van der Waals surface area (Å²) in [6, 6.07) is 5.96. The third-order valence-corrected chi connectivity index (χ3v) is 4.12. The van der Waals surface area contributed by atoms with Crippen LogP contribution in [0.3, 0.4) is 0 Å². The van der Waals surface area contributed by atoms with E-state index in [9.17, 15) is 18.7 Å². The Bertz CT molecular complexity index is 1200. The number of benzene rings is 2. The Balaban J connectivity index is 1.81. The zero-order valence-electron chi connectivity index (χ0n) is 14.0. The molecule has 0 bridgehead atoms. The first kappa shape index (κ1) is 16.8. The van der Waals surface area contributed by atoms with Crippen LogP contribution in [0.4, 0.5) is 8.78 Å². The Morgan fingerprint density at radius 2 is 1.93 bits per heavy atom. The van der Waals surface area contributed by atoms with Crippen LogP contribution in [0.25, 0.3) is 16.9 Å². The third-order valence-electron chi connectivity index (χ3n) is 4.12. The number of rotatable bonds is 3. The second kappa shape index (κ2) is 6.24. The van der Waals surface area contributed by atoms with Crippen molar-refractivity contribution in [1.82, 2.24) is 19.5 Å². The summed E-state index contributed by atoms with van der Waals surface area (Å²) in [6.07, 6.45) is 4.92. The molecule has 0 radical (unpaired) electrons. The number of phenolic OH excluding ortho intramolecular Hbond substituents is 1. The molecule has 0 atom stereocenters. The van der Waals surface area contributed by atoms with Crippen LogP contribution in [0.1, 0.15) is 21.7 Å². The Morgan fingerprint density at radius 1 is 1.11 bits per heavy atom. The van der Waals surface area contributed by atoms with Crippen LogP contribution in [0, 0.1) is 18.6 Å². The van der Waals surface area contributed by atoms with Gasteiger partial charge in [0.1, 0.15) is 11.6 Å². The van der Waals surface area contributed by atoms with E-state index in [1.54, 1.807) is 29.2 Å². The molecule has 2 aromatic carbocycles. The van der Waals surface area contributed by atoms with Gasteiger partial charge in [-0.2, -0.15) is 0 Å². The largest absolute Gasteiger partial charge is 0.508 e. The molecular formula is C19H12F2N4O2. The minimum Gasteiger partial charge on any atom is -0.508 e. The lowest BCUT2D eigenvalue weighted by atomic mass is 10.0. The first-order chi connectivity index (χ1) is 12.9.